The molecule has 1 N–H and O–H groups in total. The highest BCUT2D eigenvalue weighted by Crippen LogP contribution is 2.20. The normalized spacial score (nSPS) is 24.9. The van der Waals surface area contributed by atoms with Crippen LogP contribution in [0.2, 0.25) is 0 Å². The molecule has 1 heterocycles. The van der Waals surface area contributed by atoms with E-state index < -0.39 is 0 Å². The average molecular weight is 290 g/mol. The summed E-state index contributed by atoms with van der Waals surface area (Å²) in [5.41, 5.74) is 1.39. The smallest absolute Gasteiger partial charge is 0.0674 e. The summed E-state index contributed by atoms with van der Waals surface area (Å²) in [5.74, 6) is 0. The Balaban J connectivity index is 2.06. The minimum Gasteiger partial charge on any atom is -0.376 e. The maximum absolute atomic E-state index is 5.82. The van der Waals surface area contributed by atoms with Gasteiger partial charge in [-0.05, 0) is 31.9 Å². The van der Waals surface area contributed by atoms with Gasteiger partial charge in [0, 0.05) is 25.2 Å². The van der Waals surface area contributed by atoms with Crippen LogP contribution in [0.1, 0.15) is 45.2 Å². The van der Waals surface area contributed by atoms with Crippen molar-refractivity contribution in [3.63, 3.8) is 0 Å². The Morgan fingerprint density at radius 3 is 2.71 bits per heavy atom. The van der Waals surface area contributed by atoms with Crippen molar-refractivity contribution in [2.45, 2.75) is 51.8 Å². The van der Waals surface area contributed by atoms with Gasteiger partial charge in [0.2, 0.25) is 0 Å². The van der Waals surface area contributed by atoms with Crippen molar-refractivity contribution < 1.29 is 4.74 Å². The Kier molecular flexibility index (Phi) is 6.68. The Morgan fingerprint density at radius 2 is 2.05 bits per heavy atom. The third-order valence-corrected chi connectivity index (χ3v) is 4.31. The predicted molar refractivity (Wildman–Crippen MR) is 88.5 cm³/mol. The van der Waals surface area contributed by atoms with Crippen LogP contribution in [0.5, 0.6) is 0 Å². The van der Waals surface area contributed by atoms with Gasteiger partial charge in [0.25, 0.3) is 0 Å². The summed E-state index contributed by atoms with van der Waals surface area (Å²) in [6, 6.07) is 11.8. The van der Waals surface area contributed by atoms with E-state index in [2.05, 4.69) is 61.3 Å². The molecule has 118 valence electrons. The van der Waals surface area contributed by atoms with Gasteiger partial charge < -0.3 is 10.1 Å². The highest BCUT2D eigenvalue weighted by Gasteiger charge is 2.27. The lowest BCUT2D eigenvalue weighted by atomic mass is 10.0. The predicted octanol–water partition coefficient (Wildman–Crippen LogP) is 3.23. The molecule has 0 radical (unpaired) electrons. The van der Waals surface area contributed by atoms with Crippen LogP contribution in [0.25, 0.3) is 0 Å². The van der Waals surface area contributed by atoms with Gasteiger partial charge in [-0.25, -0.2) is 0 Å². The van der Waals surface area contributed by atoms with Gasteiger partial charge in [-0.2, -0.15) is 0 Å². The Hall–Kier alpha value is -0.900. The molecule has 1 saturated heterocycles. The molecule has 2 rings (SSSR count). The first-order valence-electron chi connectivity index (χ1n) is 8.38. The molecular weight excluding hydrogens is 260 g/mol. The van der Waals surface area contributed by atoms with Gasteiger partial charge >= 0.3 is 0 Å². The van der Waals surface area contributed by atoms with Crippen LogP contribution in [0.15, 0.2) is 30.3 Å². The van der Waals surface area contributed by atoms with E-state index in [1.165, 1.54) is 12.0 Å². The van der Waals surface area contributed by atoms with E-state index in [1.807, 2.05) is 0 Å². The number of hydrogen-bond acceptors (Lipinski definition) is 3. The molecule has 3 unspecified atom stereocenters. The first kappa shape index (κ1) is 16.5. The topological polar surface area (TPSA) is 24.5 Å². The first-order chi connectivity index (χ1) is 10.2. The molecule has 1 aliphatic heterocycles. The van der Waals surface area contributed by atoms with E-state index in [0.29, 0.717) is 18.2 Å². The van der Waals surface area contributed by atoms with Crippen molar-refractivity contribution in [1.29, 1.82) is 0 Å². The number of morpholine rings is 1. The van der Waals surface area contributed by atoms with E-state index in [-0.39, 0.29) is 0 Å². The van der Waals surface area contributed by atoms with Crippen molar-refractivity contribution in [2.75, 3.05) is 26.2 Å². The molecule has 3 heteroatoms. The number of ether oxygens (including phenoxy) is 1. The van der Waals surface area contributed by atoms with Crippen LogP contribution in [-0.2, 0) is 4.74 Å². The summed E-state index contributed by atoms with van der Waals surface area (Å²) in [6.07, 6.45) is 2.66. The van der Waals surface area contributed by atoms with Gasteiger partial charge in [0.15, 0.2) is 0 Å². The van der Waals surface area contributed by atoms with Gasteiger partial charge in [-0.15, -0.1) is 0 Å². The third-order valence-electron chi connectivity index (χ3n) is 4.31. The fourth-order valence-corrected chi connectivity index (χ4v) is 3.04. The van der Waals surface area contributed by atoms with Crippen LogP contribution in [0, 0.1) is 0 Å². The lowest BCUT2D eigenvalue weighted by molar-refractivity contribution is -0.0586. The molecule has 1 aromatic rings. The van der Waals surface area contributed by atoms with Crippen LogP contribution in [-0.4, -0.2) is 43.3 Å². The molecule has 1 fully saturated rings. The minimum atomic E-state index is 0.343. The second-order valence-corrected chi connectivity index (χ2v) is 6.08. The maximum Gasteiger partial charge on any atom is 0.0674 e. The fraction of sp³-hybridized carbons (Fsp3) is 0.667. The van der Waals surface area contributed by atoms with Gasteiger partial charge in [-0.3, -0.25) is 4.90 Å². The van der Waals surface area contributed by atoms with E-state index >= 15 is 0 Å². The van der Waals surface area contributed by atoms with Gasteiger partial charge in [0.1, 0.15) is 0 Å². The van der Waals surface area contributed by atoms with E-state index in [0.717, 1.165) is 32.7 Å². The second-order valence-electron chi connectivity index (χ2n) is 6.08. The summed E-state index contributed by atoms with van der Waals surface area (Å²) in [7, 11) is 0. The second kappa shape index (κ2) is 8.52. The molecule has 0 bridgehead atoms. The zero-order valence-corrected chi connectivity index (χ0v) is 13.7. The van der Waals surface area contributed by atoms with E-state index in [9.17, 15) is 0 Å². The van der Waals surface area contributed by atoms with E-state index in [4.69, 9.17) is 4.74 Å². The molecule has 3 atom stereocenters. The van der Waals surface area contributed by atoms with Crippen LogP contribution < -0.4 is 5.32 Å². The average Bonchev–Trinajstić information content (AvgIpc) is 2.52. The summed E-state index contributed by atoms with van der Waals surface area (Å²) in [6.45, 7) is 10.7. The molecule has 21 heavy (non-hydrogen) atoms. The Morgan fingerprint density at radius 1 is 1.29 bits per heavy atom. The van der Waals surface area contributed by atoms with Crippen LogP contribution in [0.3, 0.4) is 0 Å². The number of nitrogens with one attached hydrogen (secondary N) is 1. The lowest BCUT2D eigenvalue weighted by Crippen LogP contribution is -2.51. The van der Waals surface area contributed by atoms with Crippen molar-refractivity contribution >= 4 is 0 Å². The molecule has 0 spiro atoms. The molecule has 1 aromatic carbocycles. The van der Waals surface area contributed by atoms with Gasteiger partial charge in [0.05, 0.1) is 12.7 Å². The molecule has 0 aromatic heterocycles. The van der Waals surface area contributed by atoms with Gasteiger partial charge in [-0.1, -0.05) is 44.2 Å². The summed E-state index contributed by atoms with van der Waals surface area (Å²) < 4.78 is 5.82. The zero-order chi connectivity index (χ0) is 15.1. The number of benzene rings is 1. The fourth-order valence-electron chi connectivity index (χ4n) is 3.04. The molecule has 0 saturated carbocycles. The standard InChI is InChI=1S/C18H30N2O/c1-4-11-19-18(16-9-7-6-8-10-16)13-20-12-15(3)21-14-17(20)5-2/h6-10,15,17-19H,4-5,11-14H2,1-3H3. The quantitative estimate of drug-likeness (QED) is 0.834. The number of hydrogen-bond donors (Lipinski definition) is 1. The summed E-state index contributed by atoms with van der Waals surface area (Å²) >= 11 is 0. The lowest BCUT2D eigenvalue weighted by Gasteiger charge is -2.40. The largest absolute Gasteiger partial charge is 0.376 e. The highest BCUT2D eigenvalue weighted by atomic mass is 16.5. The van der Waals surface area contributed by atoms with Crippen LogP contribution >= 0.6 is 0 Å². The van der Waals surface area contributed by atoms with Crippen molar-refractivity contribution in [3.05, 3.63) is 35.9 Å². The number of rotatable bonds is 7. The van der Waals surface area contributed by atoms with Crippen molar-refractivity contribution in [1.82, 2.24) is 10.2 Å². The van der Waals surface area contributed by atoms with Crippen molar-refractivity contribution in [3.8, 4) is 0 Å². The first-order valence-corrected chi connectivity index (χ1v) is 8.38. The minimum absolute atomic E-state index is 0.343. The summed E-state index contributed by atoms with van der Waals surface area (Å²) in [4.78, 5) is 2.61. The number of nitrogens with zero attached hydrogens (tertiary/aromatic N) is 1. The SMILES string of the molecule is CCCNC(CN1CC(C)OCC1CC)c1ccccc1. The molecule has 1 aliphatic rings. The third kappa shape index (κ3) is 4.80. The highest BCUT2D eigenvalue weighted by molar-refractivity contribution is 5.19. The summed E-state index contributed by atoms with van der Waals surface area (Å²) in [5, 5.41) is 3.71. The Bertz CT molecular complexity index is 395. The zero-order valence-electron chi connectivity index (χ0n) is 13.7. The van der Waals surface area contributed by atoms with E-state index in [1.54, 1.807) is 0 Å². The monoisotopic (exact) mass is 290 g/mol. The maximum atomic E-state index is 5.82. The van der Waals surface area contributed by atoms with Crippen molar-refractivity contribution in [2.24, 2.45) is 0 Å². The molecule has 0 aliphatic carbocycles. The van der Waals surface area contributed by atoms with Crippen LogP contribution in [0.4, 0.5) is 0 Å². The Labute approximate surface area is 129 Å². The molecular formula is C18H30N2O. The molecule has 3 nitrogen and oxygen atoms in total. The molecule has 0 amide bonds.